The van der Waals surface area contributed by atoms with Crippen molar-refractivity contribution in [2.24, 2.45) is 0 Å². The molecule has 3 aliphatic heterocycles. The molecule has 0 saturated carbocycles. The Hall–Kier alpha value is -3.31. The smallest absolute Gasteiger partial charge is 0.410 e. The Balaban J connectivity index is 1.43. The third kappa shape index (κ3) is 5.88. The molecule has 202 valence electrons. The predicted octanol–water partition coefficient (Wildman–Crippen LogP) is 4.56. The molecule has 1 aromatic carbocycles. The van der Waals surface area contributed by atoms with Crippen molar-refractivity contribution in [1.82, 2.24) is 14.8 Å². The number of benzene rings is 1. The van der Waals surface area contributed by atoms with Gasteiger partial charge >= 0.3 is 6.09 Å². The fourth-order valence-electron chi connectivity index (χ4n) is 5.77. The van der Waals surface area contributed by atoms with Crippen molar-refractivity contribution < 1.29 is 9.53 Å². The van der Waals surface area contributed by atoms with Gasteiger partial charge in [-0.2, -0.15) is 5.26 Å². The lowest BCUT2D eigenvalue weighted by atomic mass is 9.94. The van der Waals surface area contributed by atoms with Crippen molar-refractivity contribution in [2.75, 3.05) is 55.6 Å². The maximum Gasteiger partial charge on any atom is 0.410 e. The summed E-state index contributed by atoms with van der Waals surface area (Å²) in [5.41, 5.74) is 3.87. The van der Waals surface area contributed by atoms with Gasteiger partial charge in [0, 0.05) is 64.5 Å². The van der Waals surface area contributed by atoms with Gasteiger partial charge in [0.25, 0.3) is 0 Å². The van der Waals surface area contributed by atoms with E-state index in [1.54, 1.807) is 4.90 Å². The van der Waals surface area contributed by atoms with Crippen LogP contribution in [0.3, 0.4) is 0 Å². The van der Waals surface area contributed by atoms with E-state index >= 15 is 0 Å². The number of pyridine rings is 1. The number of nitrogens with zero attached hydrogens (tertiary/aromatic N) is 6. The van der Waals surface area contributed by atoms with E-state index in [0.29, 0.717) is 26.2 Å². The molecular weight excluding hydrogens is 476 g/mol. The van der Waals surface area contributed by atoms with Crippen molar-refractivity contribution in [1.29, 1.82) is 5.26 Å². The molecule has 0 unspecified atom stereocenters. The highest BCUT2D eigenvalue weighted by molar-refractivity contribution is 5.70. The topological polar surface area (TPSA) is 75.9 Å². The van der Waals surface area contributed by atoms with Crippen LogP contribution in [0.5, 0.6) is 0 Å². The summed E-state index contributed by atoms with van der Waals surface area (Å²) in [6.07, 6.45) is 4.11. The summed E-state index contributed by atoms with van der Waals surface area (Å²) in [7, 11) is 0. The lowest BCUT2D eigenvalue weighted by Gasteiger charge is -2.40. The Morgan fingerprint density at radius 3 is 2.26 bits per heavy atom. The molecule has 0 bridgehead atoms. The molecule has 4 heterocycles. The highest BCUT2D eigenvalue weighted by atomic mass is 16.6. The zero-order chi connectivity index (χ0) is 26.7. The largest absolute Gasteiger partial charge is 0.444 e. The molecule has 38 heavy (non-hydrogen) atoms. The number of ether oxygens (including phenoxy) is 1. The predicted molar refractivity (Wildman–Crippen MR) is 149 cm³/mol. The standard InChI is InChI=1S/C30H40N6O2/c1-30(2,3)38-29(37)36-18-16-35(17-19-36)27-24-12-15-33(21-23-10-6-4-7-11-23)22-26(24)25(20-31)28(32-27)34-13-8-5-9-14-34/h4,6-7,10-11H,5,8-9,12-19,21-22H2,1-3H3. The van der Waals surface area contributed by atoms with Crippen LogP contribution >= 0.6 is 0 Å². The van der Waals surface area contributed by atoms with Gasteiger partial charge in [0.05, 0.1) is 5.56 Å². The summed E-state index contributed by atoms with van der Waals surface area (Å²) in [6, 6.07) is 13.1. The fraction of sp³-hybridized carbons (Fsp3) is 0.567. The molecule has 8 nitrogen and oxygen atoms in total. The van der Waals surface area contributed by atoms with Crippen LogP contribution in [0.2, 0.25) is 0 Å². The summed E-state index contributed by atoms with van der Waals surface area (Å²) in [5, 5.41) is 10.4. The monoisotopic (exact) mass is 516 g/mol. The molecule has 2 saturated heterocycles. The van der Waals surface area contributed by atoms with E-state index < -0.39 is 5.60 Å². The van der Waals surface area contributed by atoms with Crippen LogP contribution in [0.1, 0.15) is 62.3 Å². The Morgan fingerprint density at radius 2 is 1.61 bits per heavy atom. The Bertz CT molecular complexity index is 1170. The zero-order valence-corrected chi connectivity index (χ0v) is 23.1. The Kier molecular flexibility index (Phi) is 7.75. The first-order valence-corrected chi connectivity index (χ1v) is 14.0. The molecule has 5 rings (SSSR count). The summed E-state index contributed by atoms with van der Waals surface area (Å²) in [5.74, 6) is 1.85. The molecule has 2 fully saturated rings. The van der Waals surface area contributed by atoms with E-state index in [0.717, 1.165) is 74.7 Å². The molecule has 0 atom stereocenters. The molecule has 0 aliphatic carbocycles. The van der Waals surface area contributed by atoms with Gasteiger partial charge in [-0.3, -0.25) is 4.90 Å². The second-order valence-electron chi connectivity index (χ2n) is 11.7. The van der Waals surface area contributed by atoms with Crippen LogP contribution in [-0.4, -0.2) is 72.3 Å². The molecule has 0 radical (unpaired) electrons. The fourth-order valence-corrected chi connectivity index (χ4v) is 5.77. The third-order valence-corrected chi connectivity index (χ3v) is 7.68. The van der Waals surface area contributed by atoms with Crippen LogP contribution in [0.15, 0.2) is 30.3 Å². The molecule has 8 heteroatoms. The number of hydrogen-bond donors (Lipinski definition) is 0. The van der Waals surface area contributed by atoms with E-state index in [1.807, 2.05) is 26.8 Å². The highest BCUT2D eigenvalue weighted by Crippen LogP contribution is 2.36. The number of nitriles is 1. The minimum absolute atomic E-state index is 0.252. The van der Waals surface area contributed by atoms with Gasteiger partial charge < -0.3 is 19.4 Å². The first kappa shape index (κ1) is 26.3. The first-order valence-electron chi connectivity index (χ1n) is 14.0. The van der Waals surface area contributed by atoms with Crippen LogP contribution in [-0.2, 0) is 24.2 Å². The van der Waals surface area contributed by atoms with Gasteiger partial charge in [-0.05, 0) is 57.6 Å². The van der Waals surface area contributed by atoms with Crippen molar-refractivity contribution in [2.45, 2.75) is 65.1 Å². The van der Waals surface area contributed by atoms with Gasteiger partial charge in [-0.1, -0.05) is 30.3 Å². The van der Waals surface area contributed by atoms with Crippen LogP contribution < -0.4 is 9.80 Å². The molecule has 3 aliphatic rings. The Labute approximate surface area is 226 Å². The van der Waals surface area contributed by atoms with Crippen molar-refractivity contribution in [3.8, 4) is 6.07 Å². The van der Waals surface area contributed by atoms with Gasteiger partial charge in [0.15, 0.2) is 0 Å². The van der Waals surface area contributed by atoms with Crippen molar-refractivity contribution in [3.05, 3.63) is 52.6 Å². The van der Waals surface area contributed by atoms with Gasteiger partial charge in [0.2, 0.25) is 0 Å². The Morgan fingerprint density at radius 1 is 0.921 bits per heavy atom. The molecule has 1 amide bonds. The second-order valence-corrected chi connectivity index (χ2v) is 11.7. The quantitative estimate of drug-likeness (QED) is 0.590. The number of fused-ring (bicyclic) bond motifs is 1. The van der Waals surface area contributed by atoms with E-state index in [4.69, 9.17) is 9.72 Å². The number of piperazine rings is 1. The normalized spacial score (nSPS) is 18.6. The average Bonchev–Trinajstić information content (AvgIpc) is 2.92. The number of piperidine rings is 1. The zero-order valence-electron chi connectivity index (χ0n) is 23.1. The first-order chi connectivity index (χ1) is 18.3. The van der Waals surface area contributed by atoms with E-state index in [9.17, 15) is 10.1 Å². The minimum Gasteiger partial charge on any atom is -0.444 e. The summed E-state index contributed by atoms with van der Waals surface area (Å²) in [4.78, 5) is 26.7. The number of hydrogen-bond acceptors (Lipinski definition) is 7. The number of rotatable bonds is 4. The average molecular weight is 517 g/mol. The molecule has 0 spiro atoms. The molecular formula is C30H40N6O2. The van der Waals surface area contributed by atoms with Gasteiger partial charge in [-0.15, -0.1) is 0 Å². The maximum atomic E-state index is 12.6. The number of carbonyl (C=O) groups excluding carboxylic acids is 1. The van der Waals surface area contributed by atoms with Crippen molar-refractivity contribution >= 4 is 17.7 Å². The van der Waals surface area contributed by atoms with E-state index in [-0.39, 0.29) is 6.09 Å². The molecule has 2 aromatic rings. The van der Waals surface area contributed by atoms with Gasteiger partial charge in [0.1, 0.15) is 23.3 Å². The highest BCUT2D eigenvalue weighted by Gasteiger charge is 2.32. The minimum atomic E-state index is -0.503. The van der Waals surface area contributed by atoms with E-state index in [1.165, 1.54) is 17.5 Å². The summed E-state index contributed by atoms with van der Waals surface area (Å²) in [6.45, 7) is 12.8. The number of carbonyl (C=O) groups is 1. The number of anilines is 2. The number of amides is 1. The lowest BCUT2D eigenvalue weighted by Crippen LogP contribution is -2.51. The van der Waals surface area contributed by atoms with Crippen LogP contribution in [0, 0.1) is 11.3 Å². The second kappa shape index (κ2) is 11.2. The van der Waals surface area contributed by atoms with E-state index in [2.05, 4.69) is 45.0 Å². The van der Waals surface area contributed by atoms with Gasteiger partial charge in [-0.25, -0.2) is 9.78 Å². The molecule has 0 N–H and O–H groups in total. The summed E-state index contributed by atoms with van der Waals surface area (Å²) < 4.78 is 5.60. The van der Waals surface area contributed by atoms with Crippen molar-refractivity contribution in [3.63, 3.8) is 0 Å². The SMILES string of the molecule is CC(C)(C)OC(=O)N1CCN(c2nc(N3CCCCC3)c(C#N)c3c2CCN(Cc2ccccc2)C3)CC1. The number of aromatic nitrogens is 1. The lowest BCUT2D eigenvalue weighted by molar-refractivity contribution is 0.0240. The van der Waals surface area contributed by atoms with Crippen LogP contribution in [0.4, 0.5) is 16.4 Å². The molecule has 1 aromatic heterocycles. The summed E-state index contributed by atoms with van der Waals surface area (Å²) >= 11 is 0. The van der Waals surface area contributed by atoms with Crippen LogP contribution in [0.25, 0.3) is 0 Å². The maximum absolute atomic E-state index is 12.6. The third-order valence-electron chi connectivity index (χ3n) is 7.68.